The molecule has 170 valence electrons. The Kier molecular flexibility index (Phi) is 7.34. The lowest BCUT2D eigenvalue weighted by Crippen LogP contribution is -2.52. The van der Waals surface area contributed by atoms with Crippen LogP contribution in [0.5, 0.6) is 5.88 Å². The van der Waals surface area contributed by atoms with Gasteiger partial charge in [-0.05, 0) is 51.1 Å². The molecule has 2 fully saturated rings. The standard InChI is InChI=1S/C22H34N6O3/c1-30-12-6-11-27(13-17-7-5-10-26-9-4-3-8-18(17)26)19(29)14-28-16-25-20-21(28)23-15-24-22(20)31-2/h15-18H,3-14H2,1-2H3. The largest absolute Gasteiger partial charge is 0.479 e. The van der Waals surface area contributed by atoms with E-state index in [0.29, 0.717) is 42.2 Å². The van der Waals surface area contributed by atoms with Crippen LogP contribution >= 0.6 is 0 Å². The molecular formula is C22H34N6O3. The number of fused-ring (bicyclic) bond motifs is 2. The Hall–Kier alpha value is -2.26. The highest BCUT2D eigenvalue weighted by atomic mass is 16.5. The number of amides is 1. The van der Waals surface area contributed by atoms with Gasteiger partial charge in [-0.15, -0.1) is 0 Å². The summed E-state index contributed by atoms with van der Waals surface area (Å²) in [5.74, 6) is 1.07. The fourth-order valence-corrected chi connectivity index (χ4v) is 5.16. The normalized spacial score (nSPS) is 21.7. The third-order valence-corrected chi connectivity index (χ3v) is 6.68. The smallest absolute Gasteiger partial charge is 0.245 e. The first-order valence-corrected chi connectivity index (χ1v) is 11.4. The lowest BCUT2D eigenvalue weighted by Gasteiger charge is -2.45. The van der Waals surface area contributed by atoms with E-state index in [9.17, 15) is 4.79 Å². The third kappa shape index (κ3) is 4.98. The molecule has 2 aliphatic rings. The Morgan fingerprint density at radius 3 is 2.87 bits per heavy atom. The number of ether oxygens (including phenoxy) is 2. The Labute approximate surface area is 183 Å². The lowest BCUT2D eigenvalue weighted by molar-refractivity contribution is -0.133. The number of nitrogens with zero attached hydrogens (tertiary/aromatic N) is 6. The van der Waals surface area contributed by atoms with Crippen molar-refractivity contribution in [2.75, 3.05) is 47.0 Å². The van der Waals surface area contributed by atoms with E-state index in [0.717, 1.165) is 13.0 Å². The van der Waals surface area contributed by atoms with Crippen molar-refractivity contribution < 1.29 is 14.3 Å². The predicted octanol–water partition coefficient (Wildman–Crippen LogP) is 1.96. The van der Waals surface area contributed by atoms with E-state index in [1.165, 1.54) is 51.5 Å². The van der Waals surface area contributed by atoms with Gasteiger partial charge in [-0.1, -0.05) is 6.42 Å². The van der Waals surface area contributed by atoms with Crippen molar-refractivity contribution in [3.63, 3.8) is 0 Å². The van der Waals surface area contributed by atoms with Gasteiger partial charge in [0.25, 0.3) is 0 Å². The van der Waals surface area contributed by atoms with E-state index in [-0.39, 0.29) is 12.5 Å². The molecule has 0 aliphatic carbocycles. The van der Waals surface area contributed by atoms with E-state index >= 15 is 0 Å². The summed E-state index contributed by atoms with van der Waals surface area (Å²) in [6.45, 7) is 4.81. The van der Waals surface area contributed by atoms with E-state index in [4.69, 9.17) is 9.47 Å². The Morgan fingerprint density at radius 2 is 2.03 bits per heavy atom. The van der Waals surface area contributed by atoms with Crippen LogP contribution in [-0.2, 0) is 16.1 Å². The topological polar surface area (TPSA) is 85.6 Å². The van der Waals surface area contributed by atoms with Gasteiger partial charge in [-0.25, -0.2) is 9.97 Å². The minimum atomic E-state index is 0.0981. The molecule has 9 heteroatoms. The first-order valence-electron chi connectivity index (χ1n) is 11.4. The number of methoxy groups -OCH3 is 2. The van der Waals surface area contributed by atoms with Crippen molar-refractivity contribution in [2.45, 2.75) is 51.1 Å². The quantitative estimate of drug-likeness (QED) is 0.562. The maximum Gasteiger partial charge on any atom is 0.245 e. The number of carbonyl (C=O) groups excluding carboxylic acids is 1. The van der Waals surface area contributed by atoms with Gasteiger partial charge >= 0.3 is 0 Å². The molecule has 2 saturated heterocycles. The molecule has 0 radical (unpaired) electrons. The summed E-state index contributed by atoms with van der Waals surface area (Å²) in [7, 11) is 3.26. The average molecular weight is 431 g/mol. The molecule has 2 aromatic rings. The molecule has 2 aromatic heterocycles. The molecular weight excluding hydrogens is 396 g/mol. The van der Waals surface area contributed by atoms with Crippen molar-refractivity contribution in [1.82, 2.24) is 29.3 Å². The van der Waals surface area contributed by atoms with Crippen molar-refractivity contribution in [1.29, 1.82) is 0 Å². The van der Waals surface area contributed by atoms with Crippen molar-refractivity contribution in [3.8, 4) is 5.88 Å². The Morgan fingerprint density at radius 1 is 1.16 bits per heavy atom. The molecule has 0 spiro atoms. The van der Waals surface area contributed by atoms with Crippen molar-refractivity contribution >= 4 is 17.1 Å². The summed E-state index contributed by atoms with van der Waals surface area (Å²) < 4.78 is 12.3. The zero-order valence-corrected chi connectivity index (χ0v) is 18.7. The van der Waals surface area contributed by atoms with Gasteiger partial charge in [0.1, 0.15) is 12.9 Å². The molecule has 2 atom stereocenters. The van der Waals surface area contributed by atoms with E-state index in [1.807, 2.05) is 4.90 Å². The fourth-order valence-electron chi connectivity index (χ4n) is 5.16. The summed E-state index contributed by atoms with van der Waals surface area (Å²) >= 11 is 0. The summed E-state index contributed by atoms with van der Waals surface area (Å²) in [6, 6.07) is 0.617. The van der Waals surface area contributed by atoms with Gasteiger partial charge < -0.3 is 23.8 Å². The van der Waals surface area contributed by atoms with Gasteiger partial charge in [0.05, 0.1) is 13.4 Å². The van der Waals surface area contributed by atoms with Crippen LogP contribution in [0.2, 0.25) is 0 Å². The van der Waals surface area contributed by atoms with Gasteiger partial charge in [0.2, 0.25) is 11.8 Å². The van der Waals surface area contributed by atoms with Crippen molar-refractivity contribution in [3.05, 3.63) is 12.7 Å². The van der Waals surface area contributed by atoms with Crippen LogP contribution in [-0.4, -0.2) is 88.3 Å². The predicted molar refractivity (Wildman–Crippen MR) is 117 cm³/mol. The van der Waals surface area contributed by atoms with Crippen LogP contribution < -0.4 is 4.74 Å². The number of piperidine rings is 2. The highest BCUT2D eigenvalue weighted by molar-refractivity contribution is 5.80. The van der Waals surface area contributed by atoms with Crippen LogP contribution in [0.3, 0.4) is 0 Å². The maximum absolute atomic E-state index is 13.4. The fraction of sp³-hybridized carbons (Fsp3) is 0.727. The Bertz CT molecular complexity index is 870. The van der Waals surface area contributed by atoms with Gasteiger partial charge in [-0.3, -0.25) is 4.79 Å². The minimum Gasteiger partial charge on any atom is -0.479 e. The Balaban J connectivity index is 1.48. The zero-order chi connectivity index (χ0) is 21.6. The summed E-state index contributed by atoms with van der Waals surface area (Å²) in [5, 5.41) is 0. The highest BCUT2D eigenvalue weighted by Crippen LogP contribution is 2.31. The van der Waals surface area contributed by atoms with Crippen LogP contribution in [0.15, 0.2) is 12.7 Å². The number of hydrogen-bond donors (Lipinski definition) is 0. The van der Waals surface area contributed by atoms with Crippen LogP contribution in [0, 0.1) is 5.92 Å². The molecule has 0 bridgehead atoms. The van der Waals surface area contributed by atoms with Crippen LogP contribution in [0.25, 0.3) is 11.2 Å². The average Bonchev–Trinajstić information content (AvgIpc) is 3.21. The molecule has 0 N–H and O–H groups in total. The first-order chi connectivity index (χ1) is 15.2. The number of carbonyl (C=O) groups is 1. The molecule has 4 rings (SSSR count). The maximum atomic E-state index is 13.4. The SMILES string of the molecule is COCCCN(CC1CCCN2CCCCC12)C(=O)Cn1cnc2c(OC)ncnc21. The second-order valence-electron chi connectivity index (χ2n) is 8.62. The molecule has 31 heavy (non-hydrogen) atoms. The number of rotatable bonds is 9. The second-order valence-corrected chi connectivity index (χ2v) is 8.62. The van der Waals surface area contributed by atoms with Crippen molar-refractivity contribution in [2.24, 2.45) is 5.92 Å². The van der Waals surface area contributed by atoms with E-state index < -0.39 is 0 Å². The number of imidazole rings is 1. The van der Waals surface area contributed by atoms with E-state index in [1.54, 1.807) is 25.1 Å². The molecule has 4 heterocycles. The van der Waals surface area contributed by atoms with Gasteiger partial charge in [0, 0.05) is 32.8 Å². The number of hydrogen-bond acceptors (Lipinski definition) is 7. The molecule has 2 unspecified atom stereocenters. The monoisotopic (exact) mass is 430 g/mol. The molecule has 2 aliphatic heterocycles. The first kappa shape index (κ1) is 22.0. The van der Waals surface area contributed by atoms with Gasteiger partial charge in [0.15, 0.2) is 11.2 Å². The molecule has 0 saturated carbocycles. The second kappa shape index (κ2) is 10.4. The molecule has 1 amide bonds. The molecule has 0 aromatic carbocycles. The van der Waals surface area contributed by atoms with Crippen LogP contribution in [0.1, 0.15) is 38.5 Å². The molecule has 9 nitrogen and oxygen atoms in total. The van der Waals surface area contributed by atoms with Crippen LogP contribution in [0.4, 0.5) is 0 Å². The summed E-state index contributed by atoms with van der Waals surface area (Å²) in [6.07, 6.45) is 10.2. The minimum absolute atomic E-state index is 0.0981. The van der Waals surface area contributed by atoms with Gasteiger partial charge in [-0.2, -0.15) is 4.98 Å². The number of aromatic nitrogens is 4. The zero-order valence-electron chi connectivity index (χ0n) is 18.7. The highest BCUT2D eigenvalue weighted by Gasteiger charge is 2.34. The lowest BCUT2D eigenvalue weighted by atomic mass is 9.83. The summed E-state index contributed by atoms with van der Waals surface area (Å²) in [5.41, 5.74) is 1.20. The summed E-state index contributed by atoms with van der Waals surface area (Å²) in [4.78, 5) is 30.9. The third-order valence-electron chi connectivity index (χ3n) is 6.68. The van der Waals surface area contributed by atoms with E-state index in [2.05, 4.69) is 19.9 Å².